The molecule has 1 heterocycles. The van der Waals surface area contributed by atoms with Crippen LogP contribution in [0.3, 0.4) is 0 Å². The van der Waals surface area contributed by atoms with Gasteiger partial charge in [-0.1, -0.05) is 12.1 Å². The van der Waals surface area contributed by atoms with Gasteiger partial charge in [-0.3, -0.25) is 4.79 Å². The van der Waals surface area contributed by atoms with Crippen molar-refractivity contribution >= 4 is 17.2 Å². The molecule has 1 aromatic heterocycles. The second-order valence-corrected chi connectivity index (χ2v) is 8.02. The molecule has 1 aliphatic carbocycles. The van der Waals surface area contributed by atoms with E-state index in [-0.39, 0.29) is 12.5 Å². The maximum absolute atomic E-state index is 12.2. The van der Waals surface area contributed by atoms with Crippen molar-refractivity contribution in [1.29, 1.82) is 0 Å². The van der Waals surface area contributed by atoms with Crippen molar-refractivity contribution in [3.63, 3.8) is 0 Å². The van der Waals surface area contributed by atoms with Gasteiger partial charge in [-0.15, -0.1) is 11.3 Å². The number of nitrogens with zero attached hydrogens (tertiary/aromatic N) is 1. The summed E-state index contributed by atoms with van der Waals surface area (Å²) in [6.07, 6.45) is 2.03. The highest BCUT2D eigenvalue weighted by Gasteiger charge is 2.27. The van der Waals surface area contributed by atoms with Gasteiger partial charge in [0, 0.05) is 23.4 Å². The fourth-order valence-corrected chi connectivity index (χ4v) is 4.29. The Kier molecular flexibility index (Phi) is 7.07. The molecule has 0 saturated heterocycles. The molecule has 0 bridgehead atoms. The van der Waals surface area contributed by atoms with Gasteiger partial charge >= 0.3 is 6.18 Å². The third-order valence-electron chi connectivity index (χ3n) is 4.49. The van der Waals surface area contributed by atoms with Crippen molar-refractivity contribution < 1.29 is 22.7 Å². The lowest BCUT2D eigenvalue weighted by Gasteiger charge is -2.08. The fourth-order valence-electron chi connectivity index (χ4n) is 3.09. The van der Waals surface area contributed by atoms with E-state index in [9.17, 15) is 18.0 Å². The van der Waals surface area contributed by atoms with Crippen LogP contribution >= 0.6 is 11.3 Å². The molecule has 0 fully saturated rings. The minimum atomic E-state index is -4.34. The molecule has 0 spiro atoms. The summed E-state index contributed by atoms with van der Waals surface area (Å²) < 4.78 is 40.8. The summed E-state index contributed by atoms with van der Waals surface area (Å²) in [5.74, 6) is -0.193. The van der Waals surface area contributed by atoms with Gasteiger partial charge in [0.2, 0.25) is 0 Å². The van der Waals surface area contributed by atoms with Crippen molar-refractivity contribution in [2.75, 3.05) is 13.2 Å². The minimum absolute atomic E-state index is 0.140. The zero-order chi connectivity index (χ0) is 20.0. The van der Waals surface area contributed by atoms with Crippen LogP contribution in [0.5, 0.6) is 0 Å². The van der Waals surface area contributed by atoms with Crippen LogP contribution in [0.2, 0.25) is 0 Å². The lowest BCUT2D eigenvalue weighted by Crippen LogP contribution is -2.24. The third-order valence-corrected chi connectivity index (χ3v) is 5.71. The molecule has 4 nitrogen and oxygen atoms in total. The number of aromatic nitrogens is 1. The average Bonchev–Trinajstić information content (AvgIpc) is 3.07. The molecular weight excluding hydrogens is 389 g/mol. The number of nitrogens with one attached hydrogen (secondary N) is 1. The first-order valence-corrected chi connectivity index (χ1v) is 10.2. The molecule has 1 amide bonds. The Hall–Kier alpha value is -1.93. The quantitative estimate of drug-likeness (QED) is 0.651. The van der Waals surface area contributed by atoms with E-state index in [1.807, 2.05) is 0 Å². The molecule has 0 unspecified atom stereocenters. The number of benzene rings is 1. The van der Waals surface area contributed by atoms with Crippen LogP contribution in [-0.2, 0) is 30.6 Å². The Morgan fingerprint density at radius 2 is 1.93 bits per heavy atom. The number of hydrogen-bond donors (Lipinski definition) is 1. The third kappa shape index (κ3) is 6.31. The lowest BCUT2D eigenvalue weighted by atomic mass is 10.0. The Balaban J connectivity index is 1.38. The summed E-state index contributed by atoms with van der Waals surface area (Å²) in [4.78, 5) is 18.3. The molecule has 28 heavy (non-hydrogen) atoms. The van der Waals surface area contributed by atoms with E-state index in [2.05, 4.69) is 10.1 Å². The lowest BCUT2D eigenvalue weighted by molar-refractivity contribution is -0.176. The largest absolute Gasteiger partial charge is 0.411 e. The monoisotopic (exact) mass is 412 g/mol. The number of hydrogen-bond acceptors (Lipinski definition) is 4. The predicted molar refractivity (Wildman–Crippen MR) is 102 cm³/mol. The highest BCUT2D eigenvalue weighted by Crippen LogP contribution is 2.27. The molecule has 152 valence electrons. The molecule has 1 aliphatic rings. The van der Waals surface area contributed by atoms with E-state index in [1.54, 1.807) is 35.6 Å². The Bertz CT molecular complexity index is 764. The van der Waals surface area contributed by atoms with E-state index in [4.69, 9.17) is 4.98 Å². The molecule has 0 atom stereocenters. The molecular formula is C20H23F3N2O2S. The molecule has 2 aromatic rings. The molecule has 1 N–H and O–H groups in total. The van der Waals surface area contributed by atoms with Gasteiger partial charge in [0.1, 0.15) is 6.61 Å². The van der Waals surface area contributed by atoms with E-state index in [0.717, 1.165) is 30.7 Å². The first-order chi connectivity index (χ1) is 13.4. The Morgan fingerprint density at radius 1 is 1.18 bits per heavy atom. The first kappa shape index (κ1) is 20.8. The zero-order valence-corrected chi connectivity index (χ0v) is 16.3. The normalized spacial score (nSPS) is 14.0. The summed E-state index contributed by atoms with van der Waals surface area (Å²) >= 11 is 1.79. The van der Waals surface area contributed by atoms with Crippen LogP contribution in [0, 0.1) is 0 Å². The molecule has 0 saturated carbocycles. The van der Waals surface area contributed by atoms with Gasteiger partial charge < -0.3 is 10.1 Å². The summed E-state index contributed by atoms with van der Waals surface area (Å²) in [5, 5.41) is 4.01. The smallest absolute Gasteiger partial charge is 0.367 e. The van der Waals surface area contributed by atoms with Crippen molar-refractivity contribution in [2.24, 2.45) is 0 Å². The summed E-state index contributed by atoms with van der Waals surface area (Å²) in [6.45, 7) is -0.865. The van der Waals surface area contributed by atoms with Crippen LogP contribution in [0.4, 0.5) is 13.2 Å². The first-order valence-electron chi connectivity index (χ1n) is 9.40. The number of ether oxygens (including phenoxy) is 1. The Labute approximate surface area is 166 Å². The zero-order valence-electron chi connectivity index (χ0n) is 15.5. The standard InChI is InChI=1S/C20H23F3N2O2S/c21-20(22,23)13-27-12-14-7-9-15(10-8-14)19(26)24-11-3-6-18-25-16-4-1-2-5-17(16)28-18/h7-10H,1-6,11-13H2,(H,24,26). The van der Waals surface area contributed by atoms with Crippen molar-refractivity contribution in [3.8, 4) is 0 Å². The summed E-state index contributed by atoms with van der Waals surface area (Å²) in [5.41, 5.74) is 2.33. The number of halogens is 3. The van der Waals surface area contributed by atoms with Gasteiger partial charge in [-0.2, -0.15) is 13.2 Å². The molecule has 1 aromatic carbocycles. The number of thiazole rings is 1. The van der Waals surface area contributed by atoms with Gasteiger partial charge in [0.25, 0.3) is 5.91 Å². The second-order valence-electron chi connectivity index (χ2n) is 6.85. The van der Waals surface area contributed by atoms with Gasteiger partial charge in [-0.05, 0) is 49.8 Å². The van der Waals surface area contributed by atoms with Crippen LogP contribution in [0.1, 0.15) is 50.8 Å². The van der Waals surface area contributed by atoms with E-state index in [0.29, 0.717) is 17.7 Å². The Morgan fingerprint density at radius 3 is 2.64 bits per heavy atom. The van der Waals surface area contributed by atoms with Crippen molar-refractivity contribution in [3.05, 3.63) is 51.0 Å². The molecule has 0 aliphatic heterocycles. The predicted octanol–water partition coefficient (Wildman–Crippen LogP) is 4.46. The maximum atomic E-state index is 12.2. The number of carbonyl (C=O) groups excluding carboxylic acids is 1. The highest BCUT2D eigenvalue weighted by atomic mass is 32.1. The number of amides is 1. The van der Waals surface area contributed by atoms with Gasteiger partial charge in [0.15, 0.2) is 0 Å². The fraction of sp³-hybridized carbons (Fsp3) is 0.500. The number of alkyl halides is 3. The number of aryl methyl sites for hydroxylation is 3. The second kappa shape index (κ2) is 9.52. The van der Waals surface area contributed by atoms with Crippen LogP contribution in [-0.4, -0.2) is 30.2 Å². The summed E-state index contributed by atoms with van der Waals surface area (Å²) in [7, 11) is 0. The maximum Gasteiger partial charge on any atom is 0.411 e. The minimum Gasteiger partial charge on any atom is -0.367 e. The van der Waals surface area contributed by atoms with Crippen LogP contribution in [0.15, 0.2) is 24.3 Å². The SMILES string of the molecule is O=C(NCCCc1nc2c(s1)CCCC2)c1ccc(COCC(F)(F)F)cc1. The topological polar surface area (TPSA) is 51.2 Å². The van der Waals surface area contributed by atoms with Crippen molar-refractivity contribution in [1.82, 2.24) is 10.3 Å². The molecule has 3 rings (SSSR count). The van der Waals surface area contributed by atoms with Gasteiger partial charge in [-0.25, -0.2) is 4.98 Å². The summed E-state index contributed by atoms with van der Waals surface area (Å²) in [6, 6.07) is 6.39. The van der Waals surface area contributed by atoms with E-state index >= 15 is 0 Å². The number of carbonyl (C=O) groups is 1. The van der Waals surface area contributed by atoms with Crippen LogP contribution in [0.25, 0.3) is 0 Å². The van der Waals surface area contributed by atoms with E-state index < -0.39 is 12.8 Å². The average molecular weight is 412 g/mol. The number of fused-ring (bicyclic) bond motifs is 1. The van der Waals surface area contributed by atoms with Crippen LogP contribution < -0.4 is 5.32 Å². The highest BCUT2D eigenvalue weighted by molar-refractivity contribution is 7.11. The van der Waals surface area contributed by atoms with E-state index in [1.165, 1.54) is 23.4 Å². The van der Waals surface area contributed by atoms with Gasteiger partial charge in [0.05, 0.1) is 17.3 Å². The molecule has 0 radical (unpaired) electrons. The molecule has 8 heteroatoms. The van der Waals surface area contributed by atoms with Crippen molar-refractivity contribution in [2.45, 2.75) is 51.3 Å². The number of rotatable bonds is 8.